The highest BCUT2D eigenvalue weighted by molar-refractivity contribution is 7.99. The number of thioether (sulfide) groups is 1. The minimum Gasteiger partial charge on any atom is -0.480 e. The Kier molecular flexibility index (Phi) is 5.37. The number of nitrogens with one attached hydrogen (secondary N) is 1. The minimum absolute atomic E-state index is 0.0580. The predicted octanol–water partition coefficient (Wildman–Crippen LogP) is 1.55. The zero-order valence-corrected chi connectivity index (χ0v) is 13.4. The van der Waals surface area contributed by atoms with Gasteiger partial charge in [0, 0.05) is 11.3 Å². The van der Waals surface area contributed by atoms with Crippen LogP contribution in [-0.4, -0.2) is 64.9 Å². The third-order valence-electron chi connectivity index (χ3n) is 4.20. The number of likely N-dealkylation sites (tertiary alicyclic amines) is 1. The van der Waals surface area contributed by atoms with E-state index in [0.29, 0.717) is 18.3 Å². The average molecular weight is 316 g/mol. The molecule has 1 aliphatic heterocycles. The molecule has 21 heavy (non-hydrogen) atoms. The third-order valence-corrected chi connectivity index (χ3v) is 5.37. The lowest BCUT2D eigenvalue weighted by atomic mass is 9.94. The Morgan fingerprint density at radius 3 is 2.67 bits per heavy atom. The SMILES string of the molecule is CSC1CCCCC1NC(=O)N1CC(C)(OCC(=O)O)C1. The number of carbonyl (C=O) groups is 2. The van der Waals surface area contributed by atoms with Gasteiger partial charge in [-0.2, -0.15) is 11.8 Å². The molecule has 6 nitrogen and oxygen atoms in total. The normalized spacial score (nSPS) is 27.8. The maximum Gasteiger partial charge on any atom is 0.329 e. The van der Waals surface area contributed by atoms with Crippen molar-refractivity contribution in [3.05, 3.63) is 0 Å². The fourth-order valence-electron chi connectivity index (χ4n) is 3.03. The number of carboxylic acids is 1. The van der Waals surface area contributed by atoms with Crippen molar-refractivity contribution in [1.82, 2.24) is 10.2 Å². The molecule has 0 aromatic rings. The summed E-state index contributed by atoms with van der Waals surface area (Å²) in [5.41, 5.74) is -0.527. The molecule has 120 valence electrons. The van der Waals surface area contributed by atoms with Crippen LogP contribution in [0.1, 0.15) is 32.6 Å². The van der Waals surface area contributed by atoms with E-state index in [1.54, 1.807) is 4.90 Å². The summed E-state index contributed by atoms with van der Waals surface area (Å²) in [6.45, 7) is 2.42. The molecule has 2 amide bonds. The number of ether oxygens (including phenoxy) is 1. The van der Waals surface area contributed by atoms with Crippen LogP contribution in [0.4, 0.5) is 4.79 Å². The van der Waals surface area contributed by atoms with E-state index < -0.39 is 11.6 Å². The lowest BCUT2D eigenvalue weighted by Crippen LogP contribution is -2.66. The minimum atomic E-state index is -0.982. The van der Waals surface area contributed by atoms with Crippen LogP contribution in [0.2, 0.25) is 0 Å². The number of rotatable bonds is 5. The monoisotopic (exact) mass is 316 g/mol. The summed E-state index contributed by atoms with van der Waals surface area (Å²) in [4.78, 5) is 24.4. The van der Waals surface area contributed by atoms with E-state index in [4.69, 9.17) is 9.84 Å². The van der Waals surface area contributed by atoms with Gasteiger partial charge in [0.25, 0.3) is 0 Å². The first-order valence-electron chi connectivity index (χ1n) is 7.37. The van der Waals surface area contributed by atoms with Gasteiger partial charge in [0.05, 0.1) is 13.1 Å². The van der Waals surface area contributed by atoms with Crippen molar-refractivity contribution in [2.75, 3.05) is 26.0 Å². The molecule has 2 fully saturated rings. The van der Waals surface area contributed by atoms with E-state index in [9.17, 15) is 9.59 Å². The Balaban J connectivity index is 1.76. The van der Waals surface area contributed by atoms with E-state index in [-0.39, 0.29) is 18.7 Å². The zero-order valence-electron chi connectivity index (χ0n) is 12.6. The van der Waals surface area contributed by atoms with Crippen LogP contribution in [-0.2, 0) is 9.53 Å². The Hall–Kier alpha value is -0.950. The summed E-state index contributed by atoms with van der Waals surface area (Å²) in [5.74, 6) is -0.982. The first-order chi connectivity index (χ1) is 9.93. The second-order valence-corrected chi connectivity index (χ2v) is 7.18. The van der Waals surface area contributed by atoms with Crippen LogP contribution in [0.15, 0.2) is 0 Å². The molecule has 0 radical (unpaired) electrons. The summed E-state index contributed by atoms with van der Waals surface area (Å²) >= 11 is 1.82. The lowest BCUT2D eigenvalue weighted by molar-refractivity contribution is -0.159. The first-order valence-corrected chi connectivity index (χ1v) is 8.66. The highest BCUT2D eigenvalue weighted by Crippen LogP contribution is 2.29. The molecule has 2 N–H and O–H groups in total. The van der Waals surface area contributed by atoms with Crippen molar-refractivity contribution >= 4 is 23.8 Å². The molecule has 2 atom stereocenters. The molecule has 0 aromatic carbocycles. The quantitative estimate of drug-likeness (QED) is 0.804. The molecule has 2 aliphatic rings. The van der Waals surface area contributed by atoms with Gasteiger partial charge in [-0.1, -0.05) is 12.8 Å². The van der Waals surface area contributed by atoms with Crippen molar-refractivity contribution < 1.29 is 19.4 Å². The summed E-state index contributed by atoms with van der Waals surface area (Å²) in [6, 6.07) is 0.186. The largest absolute Gasteiger partial charge is 0.480 e. The van der Waals surface area contributed by atoms with E-state index in [1.165, 1.54) is 12.8 Å². The smallest absolute Gasteiger partial charge is 0.329 e. The molecule has 7 heteroatoms. The predicted molar refractivity (Wildman–Crippen MR) is 81.7 cm³/mol. The zero-order chi connectivity index (χ0) is 15.5. The fraction of sp³-hybridized carbons (Fsp3) is 0.857. The van der Waals surface area contributed by atoms with Gasteiger partial charge in [0.15, 0.2) is 0 Å². The number of hydrogen-bond donors (Lipinski definition) is 2. The molecular weight excluding hydrogens is 292 g/mol. The average Bonchev–Trinajstić information content (AvgIpc) is 2.42. The molecule has 0 aromatic heterocycles. The fourth-order valence-corrected chi connectivity index (χ4v) is 3.96. The van der Waals surface area contributed by atoms with Gasteiger partial charge in [-0.05, 0) is 26.0 Å². The van der Waals surface area contributed by atoms with E-state index in [1.807, 2.05) is 18.7 Å². The summed E-state index contributed by atoms with van der Waals surface area (Å²) < 4.78 is 5.31. The Labute approximate surface area is 129 Å². The van der Waals surface area contributed by atoms with Crippen molar-refractivity contribution in [3.8, 4) is 0 Å². The maximum absolute atomic E-state index is 12.2. The van der Waals surface area contributed by atoms with Gasteiger partial charge in [-0.15, -0.1) is 0 Å². The van der Waals surface area contributed by atoms with Gasteiger partial charge in [0.1, 0.15) is 12.2 Å². The number of aliphatic carboxylic acids is 1. The van der Waals surface area contributed by atoms with Gasteiger partial charge < -0.3 is 20.1 Å². The van der Waals surface area contributed by atoms with Crippen molar-refractivity contribution in [2.45, 2.75) is 49.5 Å². The Morgan fingerprint density at radius 1 is 1.38 bits per heavy atom. The molecule has 2 rings (SSSR count). The lowest BCUT2D eigenvalue weighted by Gasteiger charge is -2.47. The topological polar surface area (TPSA) is 78.9 Å². The van der Waals surface area contributed by atoms with Gasteiger partial charge in [0.2, 0.25) is 0 Å². The number of nitrogens with zero attached hydrogens (tertiary/aromatic N) is 1. The van der Waals surface area contributed by atoms with Crippen LogP contribution in [0.5, 0.6) is 0 Å². The van der Waals surface area contributed by atoms with E-state index >= 15 is 0 Å². The van der Waals surface area contributed by atoms with Crippen molar-refractivity contribution in [1.29, 1.82) is 0 Å². The number of urea groups is 1. The molecule has 1 aliphatic carbocycles. The van der Waals surface area contributed by atoms with Crippen LogP contribution < -0.4 is 5.32 Å². The van der Waals surface area contributed by atoms with Gasteiger partial charge in [-0.25, -0.2) is 9.59 Å². The number of amides is 2. The number of hydrogen-bond acceptors (Lipinski definition) is 4. The van der Waals surface area contributed by atoms with Crippen LogP contribution in [0.25, 0.3) is 0 Å². The second-order valence-electron chi connectivity index (χ2n) is 6.10. The highest BCUT2D eigenvalue weighted by atomic mass is 32.2. The Bertz CT molecular complexity index is 398. The second kappa shape index (κ2) is 6.87. The van der Waals surface area contributed by atoms with E-state index in [2.05, 4.69) is 11.6 Å². The van der Waals surface area contributed by atoms with Crippen molar-refractivity contribution in [3.63, 3.8) is 0 Å². The summed E-state index contributed by atoms with van der Waals surface area (Å²) in [7, 11) is 0. The molecule has 0 bridgehead atoms. The maximum atomic E-state index is 12.2. The van der Waals surface area contributed by atoms with Crippen molar-refractivity contribution in [2.24, 2.45) is 0 Å². The van der Waals surface area contributed by atoms with Crippen LogP contribution in [0, 0.1) is 0 Å². The highest BCUT2D eigenvalue weighted by Gasteiger charge is 2.43. The van der Waals surface area contributed by atoms with Crippen LogP contribution >= 0.6 is 11.8 Å². The first kappa shape index (κ1) is 16.4. The molecular formula is C14H24N2O4S. The van der Waals surface area contributed by atoms with E-state index in [0.717, 1.165) is 12.8 Å². The Morgan fingerprint density at radius 2 is 2.05 bits per heavy atom. The molecule has 2 unspecified atom stereocenters. The van der Waals surface area contributed by atoms with Crippen LogP contribution in [0.3, 0.4) is 0 Å². The molecule has 0 spiro atoms. The summed E-state index contributed by atoms with van der Waals surface area (Å²) in [5, 5.41) is 12.2. The third kappa shape index (κ3) is 4.26. The number of carboxylic acid groups (broad SMARTS) is 1. The van der Waals surface area contributed by atoms with Gasteiger partial charge in [-0.3, -0.25) is 0 Å². The molecule has 1 saturated heterocycles. The summed E-state index contributed by atoms with van der Waals surface area (Å²) in [6.07, 6.45) is 6.70. The standard InChI is InChI=1S/C14H24N2O4S/c1-14(20-7-12(17)18)8-16(9-14)13(19)15-10-5-3-4-6-11(10)21-2/h10-11H,3-9H2,1-2H3,(H,15,19)(H,17,18). The molecule has 1 heterocycles. The molecule has 1 saturated carbocycles. The van der Waals surface area contributed by atoms with Gasteiger partial charge >= 0.3 is 12.0 Å². The number of carbonyl (C=O) groups excluding carboxylic acids is 1.